The van der Waals surface area contributed by atoms with Gasteiger partial charge in [0.1, 0.15) is 0 Å². The molecule has 0 saturated heterocycles. The van der Waals surface area contributed by atoms with Gasteiger partial charge in [-0.25, -0.2) is 0 Å². The number of rotatable bonds is 4. The van der Waals surface area contributed by atoms with Gasteiger partial charge >= 0.3 is 0 Å². The van der Waals surface area contributed by atoms with Gasteiger partial charge in [0.05, 0.1) is 0 Å². The lowest BCUT2D eigenvalue weighted by Crippen LogP contribution is -2.32. The van der Waals surface area contributed by atoms with Crippen molar-refractivity contribution in [3.8, 4) is 0 Å². The van der Waals surface area contributed by atoms with Gasteiger partial charge in [-0.1, -0.05) is 29.8 Å². The minimum atomic E-state index is 0.0963. The molecule has 2 aromatic carbocycles. The molecule has 2 N–H and O–H groups in total. The van der Waals surface area contributed by atoms with E-state index < -0.39 is 0 Å². The summed E-state index contributed by atoms with van der Waals surface area (Å²) in [7, 11) is 0. The Morgan fingerprint density at radius 3 is 2.52 bits per heavy atom. The van der Waals surface area contributed by atoms with E-state index in [9.17, 15) is 4.79 Å². The van der Waals surface area contributed by atoms with E-state index in [-0.39, 0.29) is 5.91 Å². The molecule has 2 aromatic rings. The first-order valence-corrected chi connectivity index (χ1v) is 7.35. The van der Waals surface area contributed by atoms with Gasteiger partial charge in [-0.05, 0) is 49.6 Å². The molecule has 21 heavy (non-hydrogen) atoms. The molecular weight excluding hydrogens is 260 g/mol. The number of nitrogen functional groups attached to an aromatic ring is 1. The second-order valence-electron chi connectivity index (χ2n) is 5.78. The van der Waals surface area contributed by atoms with Crippen LogP contribution in [-0.2, 0) is 6.54 Å². The van der Waals surface area contributed by atoms with Crippen molar-refractivity contribution in [3.63, 3.8) is 0 Å². The Morgan fingerprint density at radius 2 is 1.90 bits per heavy atom. The Morgan fingerprint density at radius 1 is 1.19 bits per heavy atom. The first-order valence-electron chi connectivity index (χ1n) is 7.35. The minimum Gasteiger partial charge on any atom is -0.399 e. The van der Waals surface area contributed by atoms with Crippen LogP contribution >= 0.6 is 0 Å². The van der Waals surface area contributed by atoms with Crippen LogP contribution in [0.5, 0.6) is 0 Å². The summed E-state index contributed by atoms with van der Waals surface area (Å²) in [5.41, 5.74) is 9.50. The molecule has 1 amide bonds. The quantitative estimate of drug-likeness (QED) is 0.873. The van der Waals surface area contributed by atoms with Crippen LogP contribution in [0.1, 0.15) is 34.3 Å². The molecule has 0 radical (unpaired) electrons. The molecule has 1 aliphatic rings. The Kier molecular flexibility index (Phi) is 3.65. The van der Waals surface area contributed by atoms with E-state index in [1.165, 1.54) is 11.1 Å². The maximum absolute atomic E-state index is 12.7. The average molecular weight is 280 g/mol. The zero-order valence-electron chi connectivity index (χ0n) is 12.3. The normalized spacial score (nSPS) is 14.0. The lowest BCUT2D eigenvalue weighted by molar-refractivity contribution is 0.0730. The number of benzene rings is 2. The lowest BCUT2D eigenvalue weighted by Gasteiger charge is -2.23. The fourth-order valence-corrected chi connectivity index (χ4v) is 2.55. The summed E-state index contributed by atoms with van der Waals surface area (Å²) in [5, 5.41) is 0. The number of aryl methyl sites for hydroxylation is 1. The molecule has 0 unspecified atom stereocenters. The van der Waals surface area contributed by atoms with Crippen LogP contribution in [0.4, 0.5) is 5.69 Å². The maximum atomic E-state index is 12.7. The maximum Gasteiger partial charge on any atom is 0.254 e. The molecule has 108 valence electrons. The average Bonchev–Trinajstić information content (AvgIpc) is 3.29. The van der Waals surface area contributed by atoms with Crippen LogP contribution < -0.4 is 5.73 Å². The van der Waals surface area contributed by atoms with E-state index in [1.807, 2.05) is 23.1 Å². The van der Waals surface area contributed by atoms with E-state index in [0.29, 0.717) is 23.8 Å². The molecule has 0 heterocycles. The van der Waals surface area contributed by atoms with Crippen molar-refractivity contribution in [2.45, 2.75) is 32.4 Å². The molecule has 0 aromatic heterocycles. The third kappa shape index (κ3) is 3.24. The number of nitrogens with zero attached hydrogens (tertiary/aromatic N) is 1. The van der Waals surface area contributed by atoms with Crippen LogP contribution in [0.3, 0.4) is 0 Å². The Balaban J connectivity index is 1.81. The number of hydrogen-bond donors (Lipinski definition) is 1. The second-order valence-corrected chi connectivity index (χ2v) is 5.78. The third-order valence-corrected chi connectivity index (χ3v) is 3.84. The fourth-order valence-electron chi connectivity index (χ4n) is 2.55. The van der Waals surface area contributed by atoms with Crippen molar-refractivity contribution in [2.75, 3.05) is 5.73 Å². The van der Waals surface area contributed by atoms with Crippen molar-refractivity contribution in [3.05, 3.63) is 65.2 Å². The van der Waals surface area contributed by atoms with E-state index in [2.05, 4.69) is 25.1 Å². The number of carbonyl (C=O) groups excluding carboxylic acids is 1. The van der Waals surface area contributed by atoms with Gasteiger partial charge in [0, 0.05) is 23.8 Å². The highest BCUT2D eigenvalue weighted by Gasteiger charge is 2.33. The van der Waals surface area contributed by atoms with Crippen LogP contribution in [0.15, 0.2) is 48.5 Å². The van der Waals surface area contributed by atoms with Gasteiger partial charge in [0.2, 0.25) is 0 Å². The van der Waals surface area contributed by atoms with Crippen LogP contribution in [0.2, 0.25) is 0 Å². The van der Waals surface area contributed by atoms with Crippen LogP contribution in [0.25, 0.3) is 0 Å². The summed E-state index contributed by atoms with van der Waals surface area (Å²) in [6, 6.07) is 15.9. The summed E-state index contributed by atoms with van der Waals surface area (Å²) in [6.07, 6.45) is 2.21. The number of hydrogen-bond acceptors (Lipinski definition) is 2. The molecule has 3 nitrogen and oxygen atoms in total. The van der Waals surface area contributed by atoms with Gasteiger partial charge in [-0.15, -0.1) is 0 Å². The highest BCUT2D eigenvalue weighted by Crippen LogP contribution is 2.30. The topological polar surface area (TPSA) is 46.3 Å². The highest BCUT2D eigenvalue weighted by atomic mass is 16.2. The Bertz CT molecular complexity index is 645. The Labute approximate surface area is 125 Å². The fraction of sp³-hybridized carbons (Fsp3) is 0.278. The van der Waals surface area contributed by atoms with Gasteiger partial charge in [0.15, 0.2) is 0 Å². The molecule has 1 aliphatic carbocycles. The van der Waals surface area contributed by atoms with E-state index in [0.717, 1.165) is 12.8 Å². The number of amides is 1. The third-order valence-electron chi connectivity index (χ3n) is 3.84. The zero-order chi connectivity index (χ0) is 14.8. The zero-order valence-corrected chi connectivity index (χ0v) is 12.3. The molecule has 3 heteroatoms. The van der Waals surface area contributed by atoms with Crippen molar-refractivity contribution < 1.29 is 4.79 Å². The monoisotopic (exact) mass is 280 g/mol. The molecule has 0 atom stereocenters. The van der Waals surface area contributed by atoms with Gasteiger partial charge < -0.3 is 10.6 Å². The smallest absolute Gasteiger partial charge is 0.254 e. The Hall–Kier alpha value is -2.29. The van der Waals surface area contributed by atoms with Gasteiger partial charge in [-0.2, -0.15) is 0 Å². The molecular formula is C18H20N2O. The minimum absolute atomic E-state index is 0.0963. The first-order chi connectivity index (χ1) is 10.1. The largest absolute Gasteiger partial charge is 0.399 e. The molecule has 1 fully saturated rings. The van der Waals surface area contributed by atoms with Crippen molar-refractivity contribution >= 4 is 11.6 Å². The second kappa shape index (κ2) is 5.60. The summed E-state index contributed by atoms with van der Waals surface area (Å²) in [6.45, 7) is 2.75. The number of carbonyl (C=O) groups is 1. The first kappa shape index (κ1) is 13.7. The van der Waals surface area contributed by atoms with E-state index >= 15 is 0 Å². The predicted molar refractivity (Wildman–Crippen MR) is 84.9 cm³/mol. The molecule has 1 saturated carbocycles. The van der Waals surface area contributed by atoms with E-state index in [1.54, 1.807) is 12.1 Å². The van der Waals surface area contributed by atoms with Crippen molar-refractivity contribution in [2.24, 2.45) is 0 Å². The molecule has 0 bridgehead atoms. The van der Waals surface area contributed by atoms with Crippen LogP contribution in [-0.4, -0.2) is 16.8 Å². The van der Waals surface area contributed by atoms with Gasteiger partial charge in [-0.3, -0.25) is 4.79 Å². The molecule has 0 spiro atoms. The van der Waals surface area contributed by atoms with Crippen molar-refractivity contribution in [1.82, 2.24) is 4.90 Å². The molecule has 0 aliphatic heterocycles. The predicted octanol–water partition coefficient (Wildman–Crippen LogP) is 3.38. The summed E-state index contributed by atoms with van der Waals surface area (Å²) < 4.78 is 0. The van der Waals surface area contributed by atoms with Crippen molar-refractivity contribution in [1.29, 1.82) is 0 Å². The standard InChI is InChI=1S/C18H20N2O/c1-13-3-2-4-14(11-13)12-20(17-9-10-17)18(21)15-5-7-16(19)8-6-15/h2-8,11,17H,9-10,12,19H2,1H3. The lowest BCUT2D eigenvalue weighted by atomic mass is 10.1. The van der Waals surface area contributed by atoms with Crippen LogP contribution in [0, 0.1) is 6.92 Å². The summed E-state index contributed by atoms with van der Waals surface area (Å²) in [5.74, 6) is 0.0963. The summed E-state index contributed by atoms with van der Waals surface area (Å²) >= 11 is 0. The SMILES string of the molecule is Cc1cccc(CN(C(=O)c2ccc(N)cc2)C2CC2)c1. The summed E-state index contributed by atoms with van der Waals surface area (Å²) in [4.78, 5) is 14.7. The number of nitrogens with two attached hydrogens (primary N) is 1. The molecule has 3 rings (SSSR count). The van der Waals surface area contributed by atoms with Gasteiger partial charge in [0.25, 0.3) is 5.91 Å². The van der Waals surface area contributed by atoms with E-state index in [4.69, 9.17) is 5.73 Å². The highest BCUT2D eigenvalue weighted by molar-refractivity contribution is 5.94. The number of anilines is 1.